The van der Waals surface area contributed by atoms with Crippen molar-refractivity contribution in [3.8, 4) is 0 Å². The highest BCUT2D eigenvalue weighted by Crippen LogP contribution is 2.29. The van der Waals surface area contributed by atoms with Gasteiger partial charge in [0.15, 0.2) is 0 Å². The molecule has 0 aromatic carbocycles. The highest BCUT2D eigenvalue weighted by atomic mass is 16.5. The summed E-state index contributed by atoms with van der Waals surface area (Å²) in [5.74, 6) is -0.241. The summed E-state index contributed by atoms with van der Waals surface area (Å²) in [7, 11) is 1.37. The average molecular weight is 209 g/mol. The maximum atomic E-state index is 11.8. The lowest BCUT2D eigenvalue weighted by atomic mass is 10.1. The molecule has 2 atom stereocenters. The third-order valence-electron chi connectivity index (χ3n) is 3.13. The minimum atomic E-state index is -0.354. The Morgan fingerprint density at radius 3 is 3.00 bits per heavy atom. The molecule has 0 aromatic heterocycles. The summed E-state index contributed by atoms with van der Waals surface area (Å²) >= 11 is 0. The van der Waals surface area contributed by atoms with Crippen molar-refractivity contribution >= 4 is 11.9 Å². The molecule has 2 heterocycles. The SMILES string of the molecule is COC(=O)[C@@H]1CC[C@@H]2CC=CCC(=O)N21. The lowest BCUT2D eigenvalue weighted by Crippen LogP contribution is -2.44. The number of hydrogen-bond donors (Lipinski definition) is 0. The van der Waals surface area contributed by atoms with Gasteiger partial charge in [-0.15, -0.1) is 0 Å². The fraction of sp³-hybridized carbons (Fsp3) is 0.636. The van der Waals surface area contributed by atoms with Gasteiger partial charge in [-0.1, -0.05) is 12.2 Å². The lowest BCUT2D eigenvalue weighted by Gasteiger charge is -2.26. The molecule has 2 aliphatic heterocycles. The Labute approximate surface area is 88.9 Å². The first kappa shape index (κ1) is 10.2. The van der Waals surface area contributed by atoms with Crippen LogP contribution in [0.4, 0.5) is 0 Å². The molecule has 2 aliphatic rings. The fourth-order valence-corrected chi connectivity index (χ4v) is 2.40. The van der Waals surface area contributed by atoms with Crippen LogP contribution in [0.2, 0.25) is 0 Å². The summed E-state index contributed by atoms with van der Waals surface area (Å²) in [6.07, 6.45) is 6.81. The third kappa shape index (κ3) is 1.76. The van der Waals surface area contributed by atoms with Crippen LogP contribution in [0, 0.1) is 0 Å². The molecule has 82 valence electrons. The van der Waals surface area contributed by atoms with E-state index in [1.807, 2.05) is 12.2 Å². The average Bonchev–Trinajstić information content (AvgIpc) is 2.58. The molecular formula is C11H15NO3. The second-order valence-corrected chi connectivity index (χ2v) is 3.98. The highest BCUT2D eigenvalue weighted by Gasteiger charge is 2.40. The Morgan fingerprint density at radius 2 is 2.27 bits per heavy atom. The zero-order chi connectivity index (χ0) is 10.8. The molecule has 1 fully saturated rings. The second kappa shape index (κ2) is 4.04. The van der Waals surface area contributed by atoms with Gasteiger partial charge in [-0.25, -0.2) is 4.79 Å². The summed E-state index contributed by atoms with van der Waals surface area (Å²) in [6, 6.07) is -0.159. The van der Waals surface area contributed by atoms with Crippen LogP contribution in [0.5, 0.6) is 0 Å². The normalized spacial score (nSPS) is 29.9. The Morgan fingerprint density at radius 1 is 1.47 bits per heavy atom. The van der Waals surface area contributed by atoms with E-state index in [9.17, 15) is 9.59 Å². The number of nitrogens with zero attached hydrogens (tertiary/aromatic N) is 1. The standard InChI is InChI=1S/C11H15NO3/c1-15-11(14)9-7-6-8-4-2-3-5-10(13)12(8)9/h2-3,8-9H,4-7H2,1H3/t8-,9-/m0/s1. The molecular weight excluding hydrogens is 194 g/mol. The Kier molecular flexibility index (Phi) is 2.75. The van der Waals surface area contributed by atoms with Crippen molar-refractivity contribution in [2.24, 2.45) is 0 Å². The van der Waals surface area contributed by atoms with Gasteiger partial charge >= 0.3 is 5.97 Å². The van der Waals surface area contributed by atoms with E-state index in [4.69, 9.17) is 4.74 Å². The van der Waals surface area contributed by atoms with Crippen LogP contribution in [-0.4, -0.2) is 36.0 Å². The van der Waals surface area contributed by atoms with Gasteiger partial charge in [-0.2, -0.15) is 0 Å². The van der Waals surface area contributed by atoms with Crippen LogP contribution < -0.4 is 0 Å². The predicted molar refractivity (Wildman–Crippen MR) is 54.0 cm³/mol. The van der Waals surface area contributed by atoms with Gasteiger partial charge in [0, 0.05) is 12.5 Å². The molecule has 0 unspecified atom stereocenters. The number of ether oxygens (including phenoxy) is 1. The van der Waals surface area contributed by atoms with Crippen LogP contribution in [0.3, 0.4) is 0 Å². The minimum absolute atomic E-state index is 0.0432. The van der Waals surface area contributed by atoms with Crippen LogP contribution in [-0.2, 0) is 14.3 Å². The fourth-order valence-electron chi connectivity index (χ4n) is 2.40. The van der Waals surface area contributed by atoms with Gasteiger partial charge < -0.3 is 9.64 Å². The third-order valence-corrected chi connectivity index (χ3v) is 3.13. The van der Waals surface area contributed by atoms with Crippen molar-refractivity contribution in [2.75, 3.05) is 7.11 Å². The zero-order valence-electron chi connectivity index (χ0n) is 8.81. The first-order valence-corrected chi connectivity index (χ1v) is 5.28. The van der Waals surface area contributed by atoms with Crippen LogP contribution in [0.1, 0.15) is 25.7 Å². The molecule has 0 N–H and O–H groups in total. The van der Waals surface area contributed by atoms with Crippen molar-refractivity contribution < 1.29 is 14.3 Å². The summed E-state index contributed by atoms with van der Waals surface area (Å²) in [6.45, 7) is 0. The number of amides is 1. The maximum Gasteiger partial charge on any atom is 0.328 e. The van der Waals surface area contributed by atoms with Gasteiger partial charge in [0.1, 0.15) is 6.04 Å². The van der Waals surface area contributed by atoms with E-state index < -0.39 is 0 Å². The van der Waals surface area contributed by atoms with Gasteiger partial charge in [-0.3, -0.25) is 4.79 Å². The number of hydrogen-bond acceptors (Lipinski definition) is 3. The van der Waals surface area contributed by atoms with Gasteiger partial charge in [0.05, 0.1) is 7.11 Å². The first-order chi connectivity index (χ1) is 7.24. The quantitative estimate of drug-likeness (QED) is 0.475. The maximum absolute atomic E-state index is 11.8. The van der Waals surface area contributed by atoms with Gasteiger partial charge in [0.25, 0.3) is 0 Å². The van der Waals surface area contributed by atoms with E-state index in [2.05, 4.69) is 0 Å². The topological polar surface area (TPSA) is 46.6 Å². The number of esters is 1. The van der Waals surface area contributed by atoms with Crippen LogP contribution in [0.25, 0.3) is 0 Å². The van der Waals surface area contributed by atoms with E-state index in [1.54, 1.807) is 4.90 Å². The Bertz CT molecular complexity index is 311. The molecule has 1 amide bonds. The molecule has 0 spiro atoms. The molecule has 15 heavy (non-hydrogen) atoms. The van der Waals surface area contributed by atoms with Crippen molar-refractivity contribution in [2.45, 2.75) is 37.8 Å². The Balaban J connectivity index is 2.18. The van der Waals surface area contributed by atoms with Crippen LogP contribution in [0.15, 0.2) is 12.2 Å². The van der Waals surface area contributed by atoms with Crippen molar-refractivity contribution in [3.63, 3.8) is 0 Å². The molecule has 1 saturated heterocycles. The van der Waals surface area contributed by atoms with Gasteiger partial charge in [0.2, 0.25) is 5.91 Å². The largest absolute Gasteiger partial charge is 0.467 e. The molecule has 4 heteroatoms. The van der Waals surface area contributed by atoms with E-state index in [1.165, 1.54) is 7.11 Å². The van der Waals surface area contributed by atoms with Crippen molar-refractivity contribution in [1.29, 1.82) is 0 Å². The minimum Gasteiger partial charge on any atom is -0.467 e. The molecule has 2 rings (SSSR count). The lowest BCUT2D eigenvalue weighted by molar-refractivity contribution is -0.151. The van der Waals surface area contributed by atoms with E-state index >= 15 is 0 Å². The molecule has 0 saturated carbocycles. The number of carbonyl (C=O) groups excluding carboxylic acids is 2. The molecule has 0 bridgehead atoms. The zero-order valence-corrected chi connectivity index (χ0v) is 8.81. The van der Waals surface area contributed by atoms with Gasteiger partial charge in [-0.05, 0) is 19.3 Å². The van der Waals surface area contributed by atoms with E-state index in [0.717, 1.165) is 19.3 Å². The Hall–Kier alpha value is -1.32. The summed E-state index contributed by atoms with van der Waals surface area (Å²) in [5.41, 5.74) is 0. The highest BCUT2D eigenvalue weighted by molar-refractivity contribution is 5.86. The van der Waals surface area contributed by atoms with Crippen molar-refractivity contribution in [1.82, 2.24) is 4.90 Å². The number of fused-ring (bicyclic) bond motifs is 1. The smallest absolute Gasteiger partial charge is 0.328 e. The monoisotopic (exact) mass is 209 g/mol. The van der Waals surface area contributed by atoms with Crippen molar-refractivity contribution in [3.05, 3.63) is 12.2 Å². The number of rotatable bonds is 1. The molecule has 0 aliphatic carbocycles. The predicted octanol–water partition coefficient (Wildman–Crippen LogP) is 0.869. The summed E-state index contributed by atoms with van der Waals surface area (Å²) < 4.78 is 4.72. The number of carbonyl (C=O) groups is 2. The summed E-state index contributed by atoms with van der Waals surface area (Å²) in [5, 5.41) is 0. The molecule has 4 nitrogen and oxygen atoms in total. The second-order valence-electron chi connectivity index (χ2n) is 3.98. The number of methoxy groups -OCH3 is 1. The van der Waals surface area contributed by atoms with Crippen LogP contribution >= 0.6 is 0 Å². The first-order valence-electron chi connectivity index (χ1n) is 5.28. The summed E-state index contributed by atoms with van der Waals surface area (Å²) in [4.78, 5) is 25.0. The van der Waals surface area contributed by atoms with E-state index in [0.29, 0.717) is 6.42 Å². The van der Waals surface area contributed by atoms with E-state index in [-0.39, 0.29) is 24.0 Å². The molecule has 0 radical (unpaired) electrons. The molecule has 0 aromatic rings.